The van der Waals surface area contributed by atoms with Gasteiger partial charge in [0.05, 0.1) is 0 Å². The van der Waals surface area contributed by atoms with E-state index >= 15 is 0 Å². The summed E-state index contributed by atoms with van der Waals surface area (Å²) in [6.07, 6.45) is 0. The molecular weight excluding hydrogens is 641 g/mol. The predicted octanol–water partition coefficient (Wildman–Crippen LogP) is 13.6. The van der Waals surface area contributed by atoms with E-state index in [1.165, 1.54) is 40.3 Å². The molecule has 49 heavy (non-hydrogen) atoms. The van der Waals surface area contributed by atoms with Gasteiger partial charge in [0.1, 0.15) is 16.7 Å². The topological polar surface area (TPSA) is 42.4 Å². The van der Waals surface area contributed by atoms with Gasteiger partial charge in [-0.1, -0.05) is 66.7 Å². The number of hydrogen-bond donors (Lipinski definition) is 0. The van der Waals surface area contributed by atoms with Crippen LogP contribution >= 0.6 is 22.7 Å². The summed E-state index contributed by atoms with van der Waals surface area (Å²) >= 11 is 3.63. The molecule has 11 rings (SSSR count). The number of anilines is 3. The normalized spacial score (nSPS) is 12.1. The SMILES string of the molecule is c1ccc(-c2nc3cc4c(cc3o2)sc2cc(N(c3ccc5c(c3)sc3ccccc35)c3ccc5oc6ccccc6c5c3)ccc24)cc1. The number of furan rings is 1. The molecule has 4 nitrogen and oxygen atoms in total. The Kier molecular flexibility index (Phi) is 5.67. The van der Waals surface area contributed by atoms with E-state index in [1.54, 1.807) is 11.3 Å². The Morgan fingerprint density at radius 2 is 1.02 bits per heavy atom. The van der Waals surface area contributed by atoms with Crippen molar-refractivity contribution in [3.63, 3.8) is 0 Å². The fraction of sp³-hybridized carbons (Fsp3) is 0. The number of para-hydroxylation sites is 1. The summed E-state index contributed by atoms with van der Waals surface area (Å²) in [4.78, 5) is 7.22. The third-order valence-corrected chi connectivity index (χ3v) is 11.7. The van der Waals surface area contributed by atoms with E-state index in [0.29, 0.717) is 5.89 Å². The van der Waals surface area contributed by atoms with Crippen molar-refractivity contribution < 1.29 is 8.83 Å². The van der Waals surface area contributed by atoms with E-state index in [9.17, 15) is 0 Å². The summed E-state index contributed by atoms with van der Waals surface area (Å²) in [7, 11) is 0. The Morgan fingerprint density at radius 3 is 1.86 bits per heavy atom. The molecule has 0 fully saturated rings. The molecule has 0 bridgehead atoms. The number of hydrogen-bond acceptors (Lipinski definition) is 6. The van der Waals surface area contributed by atoms with E-state index in [0.717, 1.165) is 55.7 Å². The Morgan fingerprint density at radius 1 is 0.408 bits per heavy atom. The summed E-state index contributed by atoms with van der Waals surface area (Å²) in [5, 5.41) is 7.22. The third-order valence-electron chi connectivity index (χ3n) is 9.48. The third kappa shape index (κ3) is 4.18. The maximum absolute atomic E-state index is 6.23. The van der Waals surface area contributed by atoms with Crippen LogP contribution < -0.4 is 4.90 Å². The maximum atomic E-state index is 6.23. The van der Waals surface area contributed by atoms with E-state index < -0.39 is 0 Å². The molecule has 0 saturated carbocycles. The highest BCUT2D eigenvalue weighted by Crippen LogP contribution is 2.45. The van der Waals surface area contributed by atoms with Gasteiger partial charge in [-0.25, -0.2) is 4.98 Å². The van der Waals surface area contributed by atoms with Crippen LogP contribution in [0.2, 0.25) is 0 Å². The molecule has 0 aliphatic carbocycles. The lowest BCUT2D eigenvalue weighted by Gasteiger charge is -2.25. The predicted molar refractivity (Wildman–Crippen MR) is 207 cm³/mol. The van der Waals surface area contributed by atoms with Gasteiger partial charge in [-0.15, -0.1) is 22.7 Å². The second kappa shape index (κ2) is 10.3. The largest absolute Gasteiger partial charge is 0.456 e. The summed E-state index contributed by atoms with van der Waals surface area (Å²) < 4.78 is 17.4. The van der Waals surface area contributed by atoms with Crippen LogP contribution in [-0.4, -0.2) is 4.98 Å². The van der Waals surface area contributed by atoms with Gasteiger partial charge in [-0.2, -0.15) is 0 Å². The molecule has 0 atom stereocenters. The molecule has 4 aromatic heterocycles. The smallest absolute Gasteiger partial charge is 0.227 e. The zero-order valence-electron chi connectivity index (χ0n) is 25.9. The fourth-order valence-corrected chi connectivity index (χ4v) is 9.47. The minimum Gasteiger partial charge on any atom is -0.456 e. The number of thiophene rings is 2. The van der Waals surface area contributed by atoms with E-state index in [1.807, 2.05) is 53.8 Å². The van der Waals surface area contributed by atoms with Crippen molar-refractivity contribution in [2.75, 3.05) is 4.90 Å². The Balaban J connectivity index is 1.10. The lowest BCUT2D eigenvalue weighted by atomic mass is 10.1. The lowest BCUT2D eigenvalue weighted by Crippen LogP contribution is -2.09. The van der Waals surface area contributed by atoms with Gasteiger partial charge in [-0.3, -0.25) is 0 Å². The van der Waals surface area contributed by atoms with Crippen molar-refractivity contribution in [2.24, 2.45) is 0 Å². The first-order valence-electron chi connectivity index (χ1n) is 16.2. The van der Waals surface area contributed by atoms with Crippen molar-refractivity contribution in [3.8, 4) is 11.5 Å². The first-order chi connectivity index (χ1) is 24.2. The van der Waals surface area contributed by atoms with Gasteiger partial charge in [-0.05, 0) is 72.8 Å². The van der Waals surface area contributed by atoms with Crippen LogP contribution in [0.4, 0.5) is 17.1 Å². The van der Waals surface area contributed by atoms with Crippen LogP contribution in [0.5, 0.6) is 0 Å². The minimum absolute atomic E-state index is 0.647. The Labute approximate surface area is 287 Å². The van der Waals surface area contributed by atoms with Crippen LogP contribution in [0.1, 0.15) is 0 Å². The number of fused-ring (bicyclic) bond motifs is 10. The van der Waals surface area contributed by atoms with E-state index in [4.69, 9.17) is 13.8 Å². The molecule has 4 heterocycles. The molecule has 0 amide bonds. The van der Waals surface area contributed by atoms with Gasteiger partial charge in [0.2, 0.25) is 5.89 Å². The van der Waals surface area contributed by atoms with Gasteiger partial charge in [0, 0.05) is 79.8 Å². The van der Waals surface area contributed by atoms with Crippen LogP contribution in [-0.2, 0) is 0 Å². The van der Waals surface area contributed by atoms with Gasteiger partial charge >= 0.3 is 0 Å². The quantitative estimate of drug-likeness (QED) is 0.188. The molecule has 0 unspecified atom stereocenters. The first kappa shape index (κ1) is 27.0. The number of oxazole rings is 1. The molecule has 0 radical (unpaired) electrons. The zero-order valence-corrected chi connectivity index (χ0v) is 27.5. The Bertz CT molecular complexity index is 3080. The average Bonchev–Trinajstić information content (AvgIpc) is 3.91. The molecule has 0 saturated heterocycles. The molecule has 11 aromatic rings. The van der Waals surface area contributed by atoms with Crippen molar-refractivity contribution in [3.05, 3.63) is 146 Å². The van der Waals surface area contributed by atoms with Crippen LogP contribution in [0.3, 0.4) is 0 Å². The van der Waals surface area contributed by atoms with Crippen LogP contribution in [0, 0.1) is 0 Å². The highest BCUT2D eigenvalue weighted by atomic mass is 32.1. The highest BCUT2D eigenvalue weighted by Gasteiger charge is 2.19. The monoisotopic (exact) mass is 664 g/mol. The molecule has 0 aliphatic rings. The molecule has 230 valence electrons. The molecular formula is C43H24N2O2S2. The molecule has 0 N–H and O–H groups in total. The first-order valence-corrected chi connectivity index (χ1v) is 17.8. The fourth-order valence-electron chi connectivity index (χ4n) is 7.18. The molecule has 6 heteroatoms. The minimum atomic E-state index is 0.647. The lowest BCUT2D eigenvalue weighted by molar-refractivity contribution is 0.620. The van der Waals surface area contributed by atoms with Crippen molar-refractivity contribution in [1.82, 2.24) is 4.98 Å². The maximum Gasteiger partial charge on any atom is 0.227 e. The van der Waals surface area contributed by atoms with Crippen molar-refractivity contribution in [2.45, 2.75) is 0 Å². The summed E-state index contributed by atoms with van der Waals surface area (Å²) in [6, 6.07) is 51.5. The van der Waals surface area contributed by atoms with E-state index in [2.05, 4.69) is 108 Å². The van der Waals surface area contributed by atoms with Gasteiger partial charge < -0.3 is 13.7 Å². The zero-order chi connectivity index (χ0) is 32.1. The van der Waals surface area contributed by atoms with Crippen LogP contribution in [0.25, 0.3) is 84.8 Å². The molecule has 0 spiro atoms. The van der Waals surface area contributed by atoms with Crippen molar-refractivity contribution in [1.29, 1.82) is 0 Å². The molecule has 7 aromatic carbocycles. The van der Waals surface area contributed by atoms with Crippen molar-refractivity contribution >= 4 is 113 Å². The number of nitrogens with zero attached hydrogens (tertiary/aromatic N) is 2. The standard InChI is InChI=1S/C43H24N2O2S2/c1-2-8-25(9-3-1)43-44-35-23-34-32-18-15-28(22-41(32)49-42(34)24-38(35)47-43)45(26-16-19-37-33(20-26)29-10-4-6-12-36(29)46-37)27-14-17-31-30-11-5-7-13-39(30)48-40(31)21-27/h1-24H. The second-order valence-electron chi connectivity index (χ2n) is 12.4. The number of benzene rings is 7. The van der Waals surface area contributed by atoms with Gasteiger partial charge in [0.25, 0.3) is 0 Å². The summed E-state index contributed by atoms with van der Waals surface area (Å²) in [5.41, 5.74) is 7.73. The summed E-state index contributed by atoms with van der Waals surface area (Å²) in [6.45, 7) is 0. The van der Waals surface area contributed by atoms with Gasteiger partial charge in [0.15, 0.2) is 5.58 Å². The number of rotatable bonds is 4. The highest BCUT2D eigenvalue weighted by molar-refractivity contribution is 7.26. The number of aromatic nitrogens is 1. The average molecular weight is 665 g/mol. The molecule has 0 aliphatic heterocycles. The summed E-state index contributed by atoms with van der Waals surface area (Å²) in [5.74, 6) is 0.647. The second-order valence-corrected chi connectivity index (χ2v) is 14.5. The van der Waals surface area contributed by atoms with Crippen LogP contribution in [0.15, 0.2) is 154 Å². The van der Waals surface area contributed by atoms with E-state index in [-0.39, 0.29) is 0 Å². The Hall–Kier alpha value is -5.95.